The highest BCUT2D eigenvalue weighted by atomic mass is 16.1. The predicted molar refractivity (Wildman–Crippen MR) is 57.0 cm³/mol. The molecule has 0 aromatic carbocycles. The lowest BCUT2D eigenvalue weighted by atomic mass is 9.92. The Hall–Kier alpha value is -1.32. The summed E-state index contributed by atoms with van der Waals surface area (Å²) in [5.41, 5.74) is 5.60. The van der Waals surface area contributed by atoms with Crippen LogP contribution in [-0.4, -0.2) is 9.78 Å². The summed E-state index contributed by atoms with van der Waals surface area (Å²) < 4.78 is 1.42. The molecule has 0 saturated heterocycles. The average Bonchev–Trinajstić information content (AvgIpc) is 2.05. The number of nitrogen functional groups attached to an aromatic ring is 1. The van der Waals surface area contributed by atoms with E-state index < -0.39 is 0 Å². The lowest BCUT2D eigenvalue weighted by Gasteiger charge is -2.17. The van der Waals surface area contributed by atoms with E-state index in [4.69, 9.17) is 5.73 Å². The Bertz CT molecular complexity index is 362. The summed E-state index contributed by atoms with van der Waals surface area (Å²) in [4.78, 5) is 11.3. The molecule has 0 unspecified atom stereocenters. The maximum atomic E-state index is 11.3. The van der Waals surface area contributed by atoms with Crippen LogP contribution in [0.1, 0.15) is 27.2 Å². The summed E-state index contributed by atoms with van der Waals surface area (Å²) in [5, 5.41) is 3.96. The van der Waals surface area contributed by atoms with Gasteiger partial charge in [-0.15, -0.1) is 0 Å². The third-order valence-corrected chi connectivity index (χ3v) is 1.96. The molecule has 0 saturated carbocycles. The van der Waals surface area contributed by atoms with E-state index in [1.54, 1.807) is 0 Å². The molecule has 0 fully saturated rings. The van der Waals surface area contributed by atoms with Crippen molar-refractivity contribution in [2.24, 2.45) is 5.41 Å². The Balaban J connectivity index is 2.77. The van der Waals surface area contributed by atoms with E-state index in [1.807, 2.05) is 0 Å². The Morgan fingerprint density at radius 2 is 2.07 bits per heavy atom. The third-order valence-electron chi connectivity index (χ3n) is 1.96. The normalized spacial score (nSPS) is 11.6. The van der Waals surface area contributed by atoms with Gasteiger partial charge in [0.05, 0.1) is 0 Å². The van der Waals surface area contributed by atoms with Crippen LogP contribution in [0.15, 0.2) is 16.9 Å². The molecule has 0 amide bonds. The first-order valence-electron chi connectivity index (χ1n) is 4.72. The number of hydrogen-bond acceptors (Lipinski definition) is 3. The number of nitrogens with two attached hydrogens (primary N) is 1. The van der Waals surface area contributed by atoms with Gasteiger partial charge in [-0.2, -0.15) is 5.10 Å². The minimum Gasteiger partial charge on any atom is -0.382 e. The van der Waals surface area contributed by atoms with E-state index in [9.17, 15) is 4.79 Å². The molecule has 1 heterocycles. The Kier molecular flexibility index (Phi) is 2.93. The maximum absolute atomic E-state index is 11.3. The first-order chi connectivity index (χ1) is 6.38. The summed E-state index contributed by atoms with van der Waals surface area (Å²) in [6.07, 6.45) is 0.906. The number of hydrogen-bond donors (Lipinski definition) is 1. The van der Waals surface area contributed by atoms with Gasteiger partial charge in [-0.25, -0.2) is 4.68 Å². The molecule has 1 aromatic heterocycles. The molecule has 0 aliphatic heterocycles. The van der Waals surface area contributed by atoms with Gasteiger partial charge in [0.25, 0.3) is 5.56 Å². The van der Waals surface area contributed by atoms with Crippen molar-refractivity contribution in [3.05, 3.63) is 22.5 Å². The molecule has 0 aliphatic rings. The molecule has 0 bridgehead atoms. The van der Waals surface area contributed by atoms with E-state index in [-0.39, 0.29) is 11.0 Å². The van der Waals surface area contributed by atoms with Crippen LogP contribution in [0.4, 0.5) is 5.82 Å². The SMILES string of the molecule is CC(C)(C)CCn1nc(N)ccc1=O. The summed E-state index contributed by atoms with van der Waals surface area (Å²) in [7, 11) is 0. The second-order valence-corrected chi connectivity index (χ2v) is 4.63. The lowest BCUT2D eigenvalue weighted by Crippen LogP contribution is -2.24. The molecule has 0 atom stereocenters. The summed E-state index contributed by atoms with van der Waals surface area (Å²) in [6, 6.07) is 2.97. The molecular formula is C10H17N3O. The highest BCUT2D eigenvalue weighted by Crippen LogP contribution is 2.18. The van der Waals surface area contributed by atoms with E-state index in [1.165, 1.54) is 16.8 Å². The van der Waals surface area contributed by atoms with Crippen LogP contribution in [-0.2, 0) is 6.54 Å². The van der Waals surface area contributed by atoms with E-state index in [0.717, 1.165) is 6.42 Å². The molecule has 78 valence electrons. The van der Waals surface area contributed by atoms with Crippen molar-refractivity contribution in [2.45, 2.75) is 33.7 Å². The highest BCUT2D eigenvalue weighted by molar-refractivity contribution is 5.23. The molecule has 1 aromatic rings. The van der Waals surface area contributed by atoms with Crippen LogP contribution in [0.25, 0.3) is 0 Å². The lowest BCUT2D eigenvalue weighted by molar-refractivity contribution is 0.337. The fourth-order valence-electron chi connectivity index (χ4n) is 1.07. The summed E-state index contributed by atoms with van der Waals surface area (Å²) in [5.74, 6) is 0.388. The minimum atomic E-state index is -0.0940. The number of nitrogens with zero attached hydrogens (tertiary/aromatic N) is 2. The molecule has 1 rings (SSSR count). The van der Waals surface area contributed by atoms with Crippen LogP contribution < -0.4 is 11.3 Å². The molecule has 0 aliphatic carbocycles. The quantitative estimate of drug-likeness (QED) is 0.772. The van der Waals surface area contributed by atoms with E-state index >= 15 is 0 Å². The topological polar surface area (TPSA) is 60.9 Å². The second kappa shape index (κ2) is 3.82. The van der Waals surface area contributed by atoms with Crippen molar-refractivity contribution in [1.29, 1.82) is 0 Å². The van der Waals surface area contributed by atoms with Crippen molar-refractivity contribution >= 4 is 5.82 Å². The molecule has 0 spiro atoms. The van der Waals surface area contributed by atoms with E-state index in [2.05, 4.69) is 25.9 Å². The van der Waals surface area contributed by atoms with E-state index in [0.29, 0.717) is 12.4 Å². The molecular weight excluding hydrogens is 178 g/mol. The van der Waals surface area contributed by atoms with Crippen LogP contribution in [0.2, 0.25) is 0 Å². The largest absolute Gasteiger partial charge is 0.382 e. The van der Waals surface area contributed by atoms with Crippen LogP contribution in [0.5, 0.6) is 0 Å². The standard InChI is InChI=1S/C10H17N3O/c1-10(2,3)6-7-13-9(14)5-4-8(11)12-13/h4-5H,6-7H2,1-3H3,(H2,11,12). The predicted octanol–water partition coefficient (Wildman–Crippen LogP) is 1.26. The van der Waals surface area contributed by atoms with Crippen LogP contribution in [0.3, 0.4) is 0 Å². The monoisotopic (exact) mass is 195 g/mol. The highest BCUT2D eigenvalue weighted by Gasteiger charge is 2.10. The number of anilines is 1. The third kappa shape index (κ3) is 3.20. The van der Waals surface area contributed by atoms with Gasteiger partial charge in [0, 0.05) is 12.6 Å². The van der Waals surface area contributed by atoms with Gasteiger partial charge in [0.2, 0.25) is 0 Å². The molecule has 4 heteroatoms. The number of aromatic nitrogens is 2. The van der Waals surface area contributed by atoms with Gasteiger partial charge in [-0.3, -0.25) is 4.79 Å². The fourth-order valence-corrected chi connectivity index (χ4v) is 1.07. The minimum absolute atomic E-state index is 0.0940. The average molecular weight is 195 g/mol. The fraction of sp³-hybridized carbons (Fsp3) is 0.600. The maximum Gasteiger partial charge on any atom is 0.266 e. The molecule has 0 radical (unpaired) electrons. The summed E-state index contributed by atoms with van der Waals surface area (Å²) in [6.45, 7) is 7.01. The molecule has 2 N–H and O–H groups in total. The van der Waals surface area contributed by atoms with Gasteiger partial charge in [-0.1, -0.05) is 20.8 Å². The van der Waals surface area contributed by atoms with Crippen molar-refractivity contribution < 1.29 is 0 Å². The molecule has 4 nitrogen and oxygen atoms in total. The van der Waals surface area contributed by atoms with Gasteiger partial charge in [0.15, 0.2) is 0 Å². The number of aryl methyl sites for hydroxylation is 1. The smallest absolute Gasteiger partial charge is 0.266 e. The summed E-state index contributed by atoms with van der Waals surface area (Å²) >= 11 is 0. The Morgan fingerprint density at radius 3 is 2.64 bits per heavy atom. The van der Waals surface area contributed by atoms with Gasteiger partial charge in [-0.05, 0) is 17.9 Å². The van der Waals surface area contributed by atoms with Gasteiger partial charge >= 0.3 is 0 Å². The first-order valence-corrected chi connectivity index (χ1v) is 4.72. The second-order valence-electron chi connectivity index (χ2n) is 4.63. The van der Waals surface area contributed by atoms with Crippen molar-refractivity contribution in [2.75, 3.05) is 5.73 Å². The zero-order valence-corrected chi connectivity index (χ0v) is 8.95. The van der Waals surface area contributed by atoms with Crippen molar-refractivity contribution in [1.82, 2.24) is 9.78 Å². The van der Waals surface area contributed by atoms with Crippen LogP contribution >= 0.6 is 0 Å². The molecule has 14 heavy (non-hydrogen) atoms. The van der Waals surface area contributed by atoms with Crippen molar-refractivity contribution in [3.63, 3.8) is 0 Å². The zero-order chi connectivity index (χ0) is 10.8. The number of rotatable bonds is 2. The Labute approximate surface area is 83.7 Å². The first kappa shape index (κ1) is 10.8. The Morgan fingerprint density at radius 1 is 1.43 bits per heavy atom. The van der Waals surface area contributed by atoms with Crippen molar-refractivity contribution in [3.8, 4) is 0 Å². The van der Waals surface area contributed by atoms with Crippen LogP contribution in [0, 0.1) is 5.41 Å². The zero-order valence-electron chi connectivity index (χ0n) is 8.95. The van der Waals surface area contributed by atoms with Gasteiger partial charge < -0.3 is 5.73 Å². The van der Waals surface area contributed by atoms with Gasteiger partial charge in [0.1, 0.15) is 5.82 Å².